The molecule has 140 valence electrons. The Bertz CT molecular complexity index is 1160. The van der Waals surface area contributed by atoms with Crippen molar-refractivity contribution in [1.29, 1.82) is 0 Å². The predicted molar refractivity (Wildman–Crippen MR) is 117 cm³/mol. The highest BCUT2D eigenvalue weighted by atomic mass is 32.1. The van der Waals surface area contributed by atoms with Crippen LogP contribution >= 0.6 is 11.3 Å². The molecule has 0 saturated carbocycles. The number of para-hydroxylation sites is 1. The van der Waals surface area contributed by atoms with Crippen molar-refractivity contribution in [3.63, 3.8) is 0 Å². The third-order valence-electron chi connectivity index (χ3n) is 5.09. The number of nitrogens with zero attached hydrogens (tertiary/aromatic N) is 1. The van der Waals surface area contributed by atoms with Gasteiger partial charge in [0.1, 0.15) is 0 Å². The lowest BCUT2D eigenvalue weighted by atomic mass is 9.99. The fourth-order valence-corrected chi connectivity index (χ4v) is 3.95. The molecule has 0 bridgehead atoms. The van der Waals surface area contributed by atoms with Crippen LogP contribution in [0.15, 0.2) is 60.0 Å². The molecule has 28 heavy (non-hydrogen) atoms. The molecule has 3 nitrogen and oxygen atoms in total. The lowest BCUT2D eigenvalue weighted by molar-refractivity contribution is 0.0953. The van der Waals surface area contributed by atoms with E-state index in [0.717, 1.165) is 32.6 Å². The molecule has 0 aliphatic rings. The third-order valence-corrected chi connectivity index (χ3v) is 5.97. The number of pyridine rings is 1. The van der Waals surface area contributed by atoms with E-state index in [1.807, 2.05) is 48.7 Å². The highest BCUT2D eigenvalue weighted by Gasteiger charge is 2.15. The van der Waals surface area contributed by atoms with E-state index in [0.29, 0.717) is 12.1 Å². The van der Waals surface area contributed by atoms with Crippen LogP contribution in [0.4, 0.5) is 0 Å². The molecule has 4 heteroatoms. The summed E-state index contributed by atoms with van der Waals surface area (Å²) in [6.07, 6.45) is 0. The van der Waals surface area contributed by atoms with E-state index in [9.17, 15) is 4.79 Å². The summed E-state index contributed by atoms with van der Waals surface area (Å²) in [4.78, 5) is 19.1. The fourth-order valence-electron chi connectivity index (χ4n) is 3.30. The second-order valence-corrected chi connectivity index (χ2v) is 8.12. The summed E-state index contributed by atoms with van der Waals surface area (Å²) in [5.41, 5.74) is 6.92. The summed E-state index contributed by atoms with van der Waals surface area (Å²) in [5.74, 6) is -0.0727. The number of nitrogens with one attached hydrogen (secondary N) is 1. The van der Waals surface area contributed by atoms with Crippen LogP contribution in [0.2, 0.25) is 0 Å². The van der Waals surface area contributed by atoms with E-state index in [-0.39, 0.29) is 5.91 Å². The minimum absolute atomic E-state index is 0.0727. The number of benzene rings is 2. The topological polar surface area (TPSA) is 42.0 Å². The monoisotopic (exact) mass is 386 g/mol. The molecule has 0 atom stereocenters. The number of carbonyl (C=O) groups excluding carboxylic acids is 1. The molecule has 2 aromatic carbocycles. The normalized spacial score (nSPS) is 11.0. The van der Waals surface area contributed by atoms with Gasteiger partial charge in [0.2, 0.25) is 0 Å². The zero-order valence-electron chi connectivity index (χ0n) is 16.2. The van der Waals surface area contributed by atoms with Crippen molar-refractivity contribution in [2.75, 3.05) is 0 Å². The van der Waals surface area contributed by atoms with E-state index >= 15 is 0 Å². The van der Waals surface area contributed by atoms with Gasteiger partial charge in [-0.2, -0.15) is 0 Å². The minimum atomic E-state index is -0.0727. The first-order valence-electron chi connectivity index (χ1n) is 9.31. The van der Waals surface area contributed by atoms with Gasteiger partial charge in [0.05, 0.1) is 23.3 Å². The lowest BCUT2D eigenvalue weighted by Crippen LogP contribution is -2.22. The predicted octanol–water partition coefficient (Wildman–Crippen LogP) is 5.82. The Morgan fingerprint density at radius 2 is 1.82 bits per heavy atom. The molecule has 0 aliphatic heterocycles. The van der Waals surface area contributed by atoms with Crippen LogP contribution in [0, 0.1) is 20.8 Å². The van der Waals surface area contributed by atoms with Gasteiger partial charge in [0, 0.05) is 15.8 Å². The number of thiophene rings is 1. The van der Waals surface area contributed by atoms with Crippen molar-refractivity contribution < 1.29 is 4.79 Å². The Kier molecular flexibility index (Phi) is 4.97. The average molecular weight is 387 g/mol. The molecule has 1 amide bonds. The second-order valence-electron chi connectivity index (χ2n) is 7.09. The quantitative estimate of drug-likeness (QED) is 0.480. The lowest BCUT2D eigenvalue weighted by Gasteiger charge is -2.12. The van der Waals surface area contributed by atoms with Gasteiger partial charge < -0.3 is 5.32 Å². The van der Waals surface area contributed by atoms with Crippen LogP contribution < -0.4 is 5.32 Å². The Morgan fingerprint density at radius 3 is 2.57 bits per heavy atom. The summed E-state index contributed by atoms with van der Waals surface area (Å²) in [5, 5.41) is 5.96. The molecule has 1 N–H and O–H groups in total. The zero-order valence-corrected chi connectivity index (χ0v) is 17.1. The molecule has 0 spiro atoms. The van der Waals surface area contributed by atoms with Crippen molar-refractivity contribution in [1.82, 2.24) is 10.3 Å². The smallest absolute Gasteiger partial charge is 0.252 e. The number of aromatic nitrogens is 1. The minimum Gasteiger partial charge on any atom is -0.347 e. The van der Waals surface area contributed by atoms with Gasteiger partial charge in [-0.15, -0.1) is 11.3 Å². The molecule has 0 saturated heterocycles. The van der Waals surface area contributed by atoms with Gasteiger partial charge >= 0.3 is 0 Å². The van der Waals surface area contributed by atoms with E-state index in [1.165, 1.54) is 11.1 Å². The molecule has 2 aromatic heterocycles. The van der Waals surface area contributed by atoms with Crippen molar-refractivity contribution in [3.05, 3.63) is 87.1 Å². The number of carbonyl (C=O) groups is 1. The fraction of sp³-hybridized carbons (Fsp3) is 0.167. The first-order chi connectivity index (χ1) is 13.5. The van der Waals surface area contributed by atoms with Crippen LogP contribution in [0.3, 0.4) is 0 Å². The zero-order chi connectivity index (χ0) is 19.7. The van der Waals surface area contributed by atoms with Crippen molar-refractivity contribution >= 4 is 28.1 Å². The van der Waals surface area contributed by atoms with Crippen LogP contribution in [-0.2, 0) is 6.54 Å². The standard InChI is InChI=1S/C24H22N2OS/c1-15-9-10-18(12-17(15)3)22-13-21(20-8-4-6-16(2)23(20)26-22)24(27)25-14-19-7-5-11-28-19/h4-13H,14H2,1-3H3,(H,25,27). The number of amides is 1. The molecule has 0 fully saturated rings. The molecule has 0 radical (unpaired) electrons. The summed E-state index contributed by atoms with van der Waals surface area (Å²) >= 11 is 1.64. The largest absolute Gasteiger partial charge is 0.347 e. The Morgan fingerprint density at radius 1 is 0.964 bits per heavy atom. The summed E-state index contributed by atoms with van der Waals surface area (Å²) in [6, 6.07) is 18.2. The molecule has 4 rings (SSSR count). The second kappa shape index (κ2) is 7.56. The molecular formula is C24H22N2OS. The van der Waals surface area contributed by atoms with E-state index < -0.39 is 0 Å². The first kappa shape index (κ1) is 18.4. The number of aryl methyl sites for hydroxylation is 3. The first-order valence-corrected chi connectivity index (χ1v) is 10.2. The van der Waals surface area contributed by atoms with Crippen LogP contribution in [0.25, 0.3) is 22.2 Å². The number of hydrogen-bond acceptors (Lipinski definition) is 3. The summed E-state index contributed by atoms with van der Waals surface area (Å²) < 4.78 is 0. The molecular weight excluding hydrogens is 364 g/mol. The maximum Gasteiger partial charge on any atom is 0.252 e. The third kappa shape index (κ3) is 3.56. The van der Waals surface area contributed by atoms with Gasteiger partial charge in [-0.05, 0) is 61.0 Å². The number of fused-ring (bicyclic) bond motifs is 1. The van der Waals surface area contributed by atoms with Gasteiger partial charge in [-0.25, -0.2) is 4.98 Å². The van der Waals surface area contributed by atoms with Crippen molar-refractivity contribution in [2.24, 2.45) is 0 Å². The molecule has 0 unspecified atom stereocenters. The van der Waals surface area contributed by atoms with Gasteiger partial charge in [-0.1, -0.05) is 36.4 Å². The summed E-state index contributed by atoms with van der Waals surface area (Å²) in [7, 11) is 0. The van der Waals surface area contributed by atoms with E-state index in [4.69, 9.17) is 4.98 Å². The highest BCUT2D eigenvalue weighted by molar-refractivity contribution is 7.09. The Hall–Kier alpha value is -2.98. The molecule has 0 aliphatic carbocycles. The maximum absolute atomic E-state index is 13.0. The van der Waals surface area contributed by atoms with Gasteiger partial charge in [-0.3, -0.25) is 4.79 Å². The van der Waals surface area contributed by atoms with Gasteiger partial charge in [0.25, 0.3) is 5.91 Å². The van der Waals surface area contributed by atoms with Crippen LogP contribution in [0.5, 0.6) is 0 Å². The van der Waals surface area contributed by atoms with Gasteiger partial charge in [0.15, 0.2) is 0 Å². The van der Waals surface area contributed by atoms with Crippen LogP contribution in [-0.4, -0.2) is 10.9 Å². The number of rotatable bonds is 4. The Labute approximate surface area is 169 Å². The average Bonchev–Trinajstić information content (AvgIpc) is 3.21. The van der Waals surface area contributed by atoms with Crippen molar-refractivity contribution in [2.45, 2.75) is 27.3 Å². The summed E-state index contributed by atoms with van der Waals surface area (Å²) in [6.45, 7) is 6.76. The van der Waals surface area contributed by atoms with E-state index in [1.54, 1.807) is 11.3 Å². The SMILES string of the molecule is Cc1ccc(-c2cc(C(=O)NCc3cccs3)c3cccc(C)c3n2)cc1C. The highest BCUT2D eigenvalue weighted by Crippen LogP contribution is 2.28. The number of hydrogen-bond donors (Lipinski definition) is 1. The Balaban J connectivity index is 1.80. The van der Waals surface area contributed by atoms with Crippen molar-refractivity contribution in [3.8, 4) is 11.3 Å². The molecule has 4 aromatic rings. The van der Waals surface area contributed by atoms with Crippen LogP contribution in [0.1, 0.15) is 31.9 Å². The maximum atomic E-state index is 13.0. The molecule has 2 heterocycles. The van der Waals surface area contributed by atoms with E-state index in [2.05, 4.69) is 37.4 Å².